The van der Waals surface area contributed by atoms with Gasteiger partial charge in [-0.1, -0.05) is 13.8 Å². The maximum atomic E-state index is 5.82. The van der Waals surface area contributed by atoms with Crippen LogP contribution in [0.3, 0.4) is 0 Å². The first-order valence-corrected chi connectivity index (χ1v) is 10.5. The number of likely N-dealkylation sites (tertiary alicyclic amines) is 1. The smallest absolute Gasteiger partial charge is 0.191 e. The molecule has 0 amide bonds. The van der Waals surface area contributed by atoms with Crippen molar-refractivity contribution >= 4 is 5.96 Å². The van der Waals surface area contributed by atoms with E-state index in [0.29, 0.717) is 18.1 Å². The molecule has 1 saturated heterocycles. The van der Waals surface area contributed by atoms with Crippen LogP contribution in [-0.4, -0.2) is 76.1 Å². The number of nitrogens with zero attached hydrogens (tertiary/aromatic N) is 2. The molecule has 1 unspecified atom stereocenters. The molecule has 0 aromatic rings. The Morgan fingerprint density at radius 1 is 1.23 bits per heavy atom. The van der Waals surface area contributed by atoms with Crippen LogP contribution in [0.15, 0.2) is 4.99 Å². The number of hydrogen-bond donors (Lipinski definition) is 2. The highest BCUT2D eigenvalue weighted by molar-refractivity contribution is 5.80. The Kier molecular flexibility index (Phi) is 12.7. The molecule has 0 bridgehead atoms. The third-order valence-electron chi connectivity index (χ3n) is 4.90. The highest BCUT2D eigenvalue weighted by Gasteiger charge is 2.19. The van der Waals surface area contributed by atoms with Crippen LogP contribution in [0, 0.1) is 5.92 Å². The monoisotopic (exact) mass is 370 g/mol. The number of piperidine rings is 1. The van der Waals surface area contributed by atoms with E-state index in [0.717, 1.165) is 64.7 Å². The lowest BCUT2D eigenvalue weighted by molar-refractivity contribution is 0.0266. The second-order valence-corrected chi connectivity index (χ2v) is 7.39. The Labute approximate surface area is 161 Å². The Morgan fingerprint density at radius 3 is 2.54 bits per heavy atom. The summed E-state index contributed by atoms with van der Waals surface area (Å²) in [6.07, 6.45) is 4.73. The van der Waals surface area contributed by atoms with Crippen LogP contribution in [0.1, 0.15) is 53.4 Å². The fourth-order valence-electron chi connectivity index (χ4n) is 3.37. The molecule has 0 saturated carbocycles. The third-order valence-corrected chi connectivity index (χ3v) is 4.90. The zero-order valence-electron chi connectivity index (χ0n) is 17.7. The quantitative estimate of drug-likeness (QED) is 0.314. The zero-order chi connectivity index (χ0) is 19.2. The van der Waals surface area contributed by atoms with Gasteiger partial charge in [-0.05, 0) is 45.4 Å². The molecule has 1 aliphatic heterocycles. The molecule has 0 aliphatic carbocycles. The molecule has 26 heavy (non-hydrogen) atoms. The van der Waals surface area contributed by atoms with Gasteiger partial charge in [0, 0.05) is 59.1 Å². The second-order valence-electron chi connectivity index (χ2n) is 7.39. The standard InChI is InChI=1S/C20H42N4O2/c1-6-21-20(22-12-9-19(17(3)4)26-7-2)23-18-10-14-24(15-11-18)13-8-16-25-5/h17-19H,6-16H2,1-5H3,(H2,21,22,23). The number of ether oxygens (including phenoxy) is 2. The average molecular weight is 371 g/mol. The normalized spacial score (nSPS) is 18.3. The fraction of sp³-hybridized carbons (Fsp3) is 0.950. The summed E-state index contributed by atoms with van der Waals surface area (Å²) < 4.78 is 11.0. The molecule has 0 aromatic carbocycles. The lowest BCUT2D eigenvalue weighted by Gasteiger charge is -2.33. The van der Waals surface area contributed by atoms with Gasteiger partial charge in [-0.25, -0.2) is 0 Å². The van der Waals surface area contributed by atoms with E-state index in [1.165, 1.54) is 12.8 Å². The van der Waals surface area contributed by atoms with E-state index in [9.17, 15) is 0 Å². The SMILES string of the molecule is CCNC(=NCCC(OCC)C(C)C)NC1CCN(CCCOC)CC1. The van der Waals surface area contributed by atoms with Gasteiger partial charge in [0.05, 0.1) is 6.10 Å². The van der Waals surface area contributed by atoms with Crippen molar-refractivity contribution in [3.63, 3.8) is 0 Å². The molecule has 1 fully saturated rings. The van der Waals surface area contributed by atoms with E-state index < -0.39 is 0 Å². The first-order valence-electron chi connectivity index (χ1n) is 10.5. The van der Waals surface area contributed by atoms with Gasteiger partial charge in [0.2, 0.25) is 0 Å². The topological polar surface area (TPSA) is 58.1 Å². The van der Waals surface area contributed by atoms with E-state index in [2.05, 4.69) is 43.2 Å². The van der Waals surface area contributed by atoms with E-state index in [1.807, 2.05) is 0 Å². The summed E-state index contributed by atoms with van der Waals surface area (Å²) in [6.45, 7) is 15.4. The van der Waals surface area contributed by atoms with Crippen molar-refractivity contribution in [3.05, 3.63) is 0 Å². The van der Waals surface area contributed by atoms with Crippen LogP contribution in [-0.2, 0) is 9.47 Å². The van der Waals surface area contributed by atoms with Crippen molar-refractivity contribution in [3.8, 4) is 0 Å². The molecule has 1 rings (SSSR count). The van der Waals surface area contributed by atoms with Gasteiger partial charge in [-0.2, -0.15) is 0 Å². The summed E-state index contributed by atoms with van der Waals surface area (Å²) in [5.41, 5.74) is 0. The van der Waals surface area contributed by atoms with Crippen molar-refractivity contribution in [2.24, 2.45) is 10.9 Å². The van der Waals surface area contributed by atoms with Gasteiger partial charge < -0.3 is 25.0 Å². The summed E-state index contributed by atoms with van der Waals surface area (Å²) in [5, 5.41) is 7.01. The number of hydrogen-bond acceptors (Lipinski definition) is 4. The molecule has 1 aliphatic rings. The van der Waals surface area contributed by atoms with Gasteiger partial charge >= 0.3 is 0 Å². The number of nitrogens with one attached hydrogen (secondary N) is 2. The minimum atomic E-state index is 0.293. The van der Waals surface area contributed by atoms with Gasteiger partial charge in [0.15, 0.2) is 5.96 Å². The van der Waals surface area contributed by atoms with E-state index >= 15 is 0 Å². The van der Waals surface area contributed by atoms with E-state index in [1.54, 1.807) is 7.11 Å². The minimum Gasteiger partial charge on any atom is -0.385 e. The number of rotatable bonds is 12. The fourth-order valence-corrected chi connectivity index (χ4v) is 3.37. The molecule has 6 heteroatoms. The predicted molar refractivity (Wildman–Crippen MR) is 110 cm³/mol. The molecular formula is C20H42N4O2. The first kappa shape index (κ1) is 23.2. The summed E-state index contributed by atoms with van der Waals surface area (Å²) >= 11 is 0. The molecule has 1 heterocycles. The van der Waals surface area contributed by atoms with Crippen molar-refractivity contribution in [1.29, 1.82) is 0 Å². The number of guanidine groups is 1. The molecule has 2 N–H and O–H groups in total. The maximum absolute atomic E-state index is 5.82. The Morgan fingerprint density at radius 2 is 1.96 bits per heavy atom. The molecule has 0 aromatic heterocycles. The predicted octanol–water partition coefficient (Wildman–Crippen LogP) is 2.49. The highest BCUT2D eigenvalue weighted by atomic mass is 16.5. The van der Waals surface area contributed by atoms with Crippen LogP contribution >= 0.6 is 0 Å². The van der Waals surface area contributed by atoms with Crippen LogP contribution < -0.4 is 10.6 Å². The van der Waals surface area contributed by atoms with Gasteiger partial charge in [0.25, 0.3) is 0 Å². The average Bonchev–Trinajstić information content (AvgIpc) is 2.62. The van der Waals surface area contributed by atoms with Crippen molar-refractivity contribution in [2.45, 2.75) is 65.5 Å². The van der Waals surface area contributed by atoms with Gasteiger partial charge in [-0.15, -0.1) is 0 Å². The van der Waals surface area contributed by atoms with Crippen molar-refractivity contribution in [2.75, 3.05) is 53.0 Å². The van der Waals surface area contributed by atoms with Crippen LogP contribution in [0.5, 0.6) is 0 Å². The molecule has 1 atom stereocenters. The Bertz CT molecular complexity index is 369. The van der Waals surface area contributed by atoms with Crippen molar-refractivity contribution in [1.82, 2.24) is 15.5 Å². The lowest BCUT2D eigenvalue weighted by Crippen LogP contribution is -2.49. The minimum absolute atomic E-state index is 0.293. The molecular weight excluding hydrogens is 328 g/mol. The Balaban J connectivity index is 2.38. The molecule has 0 spiro atoms. The summed E-state index contributed by atoms with van der Waals surface area (Å²) in [7, 11) is 1.77. The van der Waals surface area contributed by atoms with E-state index in [4.69, 9.17) is 14.5 Å². The summed E-state index contributed by atoms with van der Waals surface area (Å²) in [5.74, 6) is 1.48. The second kappa shape index (κ2) is 14.2. The van der Waals surface area contributed by atoms with Gasteiger partial charge in [-0.3, -0.25) is 4.99 Å². The van der Waals surface area contributed by atoms with Gasteiger partial charge in [0.1, 0.15) is 0 Å². The zero-order valence-corrected chi connectivity index (χ0v) is 17.7. The van der Waals surface area contributed by atoms with Crippen molar-refractivity contribution < 1.29 is 9.47 Å². The lowest BCUT2D eigenvalue weighted by atomic mass is 10.0. The third kappa shape index (κ3) is 9.74. The van der Waals surface area contributed by atoms with Crippen LogP contribution in [0.4, 0.5) is 0 Å². The highest BCUT2D eigenvalue weighted by Crippen LogP contribution is 2.12. The summed E-state index contributed by atoms with van der Waals surface area (Å²) in [6, 6.07) is 0.513. The molecule has 0 radical (unpaired) electrons. The molecule has 154 valence electrons. The largest absolute Gasteiger partial charge is 0.385 e. The number of aliphatic imine (C=N–C) groups is 1. The number of methoxy groups -OCH3 is 1. The molecule has 6 nitrogen and oxygen atoms in total. The summed E-state index contributed by atoms with van der Waals surface area (Å²) in [4.78, 5) is 7.31. The maximum Gasteiger partial charge on any atom is 0.191 e. The first-order chi connectivity index (χ1) is 12.6. The van der Waals surface area contributed by atoms with E-state index in [-0.39, 0.29) is 0 Å². The van der Waals surface area contributed by atoms with Crippen LogP contribution in [0.25, 0.3) is 0 Å². The van der Waals surface area contributed by atoms with Crippen LogP contribution in [0.2, 0.25) is 0 Å². The Hall–Kier alpha value is -0.850.